The summed E-state index contributed by atoms with van der Waals surface area (Å²) < 4.78 is 23.0. The topological polar surface area (TPSA) is 86.2 Å². The minimum Gasteiger partial charge on any atom is -0.324 e. The second-order valence-electron chi connectivity index (χ2n) is 6.58. The fourth-order valence-corrected chi connectivity index (χ4v) is 5.26. The number of unbranched alkanes of at least 4 members (excludes halogenated alkanes) is 2. The van der Waals surface area contributed by atoms with Crippen molar-refractivity contribution >= 4 is 22.4 Å². The second-order valence-corrected chi connectivity index (χ2v) is 8.57. The maximum absolute atomic E-state index is 11.9. The molecule has 2 saturated carbocycles. The molecule has 2 rings (SSSR count). The molecule has 2 aliphatic carbocycles. The summed E-state index contributed by atoms with van der Waals surface area (Å²) in [6.07, 6.45) is 7.40. The largest absolute Gasteiger partial charge is 0.324 e. The van der Waals surface area contributed by atoms with Crippen LogP contribution in [0.2, 0.25) is 0 Å². The van der Waals surface area contributed by atoms with Gasteiger partial charge in [0.15, 0.2) is 0 Å². The number of rotatable bonds is 7. The van der Waals surface area contributed by atoms with Crippen molar-refractivity contribution in [3.05, 3.63) is 12.7 Å². The van der Waals surface area contributed by atoms with Gasteiger partial charge in [-0.25, -0.2) is 13.6 Å². The number of sulfonamides is 1. The third-order valence-corrected chi connectivity index (χ3v) is 7.39. The zero-order valence-electron chi connectivity index (χ0n) is 12.4. The molecule has 20 heavy (non-hydrogen) atoms. The lowest BCUT2D eigenvalue weighted by Crippen LogP contribution is -2.45. The highest BCUT2D eigenvalue weighted by atomic mass is 35.5. The van der Waals surface area contributed by atoms with Crippen molar-refractivity contribution in [2.24, 2.45) is 22.2 Å². The number of primary sulfonamides is 1. The Morgan fingerprint density at radius 2 is 2.00 bits per heavy atom. The van der Waals surface area contributed by atoms with Crippen molar-refractivity contribution < 1.29 is 8.42 Å². The van der Waals surface area contributed by atoms with Gasteiger partial charge in [0.1, 0.15) is 0 Å². The van der Waals surface area contributed by atoms with Gasteiger partial charge in [0.25, 0.3) is 0 Å². The van der Waals surface area contributed by atoms with Gasteiger partial charge in [-0.1, -0.05) is 32.3 Å². The van der Waals surface area contributed by atoms with Crippen molar-refractivity contribution in [3.8, 4) is 0 Å². The Labute approximate surface area is 128 Å². The number of halogens is 1. The lowest BCUT2D eigenvalue weighted by atomic mass is 9.84. The molecule has 0 aliphatic heterocycles. The van der Waals surface area contributed by atoms with Gasteiger partial charge in [0.05, 0.1) is 4.75 Å². The van der Waals surface area contributed by atoms with Crippen molar-refractivity contribution in [1.29, 1.82) is 0 Å². The molecule has 0 bridgehead atoms. The summed E-state index contributed by atoms with van der Waals surface area (Å²) in [6, 6.07) is 0. The third kappa shape index (κ3) is 2.23. The lowest BCUT2D eigenvalue weighted by Gasteiger charge is -2.29. The van der Waals surface area contributed by atoms with Crippen LogP contribution in [0.1, 0.15) is 52.4 Å². The van der Waals surface area contributed by atoms with Crippen molar-refractivity contribution in [1.82, 2.24) is 0 Å². The van der Waals surface area contributed by atoms with Gasteiger partial charge in [0.2, 0.25) is 10.0 Å². The van der Waals surface area contributed by atoms with Crippen LogP contribution in [0.5, 0.6) is 0 Å². The number of hydrogen-bond donors (Lipinski definition) is 2. The average Bonchev–Trinajstić information content (AvgIpc) is 3.15. The van der Waals surface area contributed by atoms with E-state index < -0.39 is 20.3 Å². The van der Waals surface area contributed by atoms with E-state index in [4.69, 9.17) is 10.9 Å². The van der Waals surface area contributed by atoms with Crippen LogP contribution in [0, 0.1) is 11.3 Å². The van der Waals surface area contributed by atoms with Gasteiger partial charge in [-0.15, -0.1) is 19.0 Å². The standard InChI is InChI=1S/C14H26N2O2S.ClH/c1-4-6-7-8-13(14(15)9-11(14)5-2)10-12(13,3)19(16,17)18;/h5,11H,2,4,6-10,15H2,1,3H3,(H2,16,17,18);1H/t11-,12+,13-,14+;/m0./s1. The molecule has 4 atom stereocenters. The molecule has 0 unspecified atom stereocenters. The Hall–Kier alpha value is -0.100. The summed E-state index contributed by atoms with van der Waals surface area (Å²) in [6.45, 7) is 7.71. The highest BCUT2D eigenvalue weighted by Crippen LogP contribution is 2.75. The molecule has 0 radical (unpaired) electrons. The Bertz CT molecular complexity index is 495. The quantitative estimate of drug-likeness (QED) is 0.557. The fraction of sp³-hybridized carbons (Fsp3) is 0.857. The monoisotopic (exact) mass is 322 g/mol. The Balaban J connectivity index is 0.00000200. The molecule has 2 aliphatic rings. The van der Waals surface area contributed by atoms with Gasteiger partial charge in [-0.05, 0) is 32.1 Å². The Morgan fingerprint density at radius 3 is 2.35 bits per heavy atom. The first kappa shape index (κ1) is 18.0. The van der Waals surface area contributed by atoms with Gasteiger partial charge in [0, 0.05) is 11.0 Å². The number of hydrogen-bond acceptors (Lipinski definition) is 3. The summed E-state index contributed by atoms with van der Waals surface area (Å²) >= 11 is 0. The van der Waals surface area contributed by atoms with Gasteiger partial charge >= 0.3 is 0 Å². The molecule has 0 saturated heterocycles. The van der Waals surface area contributed by atoms with Crippen LogP contribution in [-0.4, -0.2) is 18.7 Å². The molecular formula is C14H27ClN2O2S. The fourth-order valence-electron chi connectivity index (χ4n) is 3.97. The molecule has 6 heteroatoms. The van der Waals surface area contributed by atoms with Crippen molar-refractivity contribution in [2.75, 3.05) is 0 Å². The van der Waals surface area contributed by atoms with E-state index in [0.29, 0.717) is 6.42 Å². The first-order chi connectivity index (χ1) is 8.68. The average molecular weight is 323 g/mol. The molecule has 4 N–H and O–H groups in total. The van der Waals surface area contributed by atoms with E-state index in [-0.39, 0.29) is 23.7 Å². The molecule has 0 spiro atoms. The third-order valence-electron chi connectivity index (χ3n) is 5.60. The minimum absolute atomic E-state index is 0. The van der Waals surface area contributed by atoms with E-state index in [1.807, 2.05) is 6.08 Å². The number of nitrogens with two attached hydrogens (primary N) is 2. The molecule has 4 nitrogen and oxygen atoms in total. The van der Waals surface area contributed by atoms with Crippen LogP contribution in [-0.2, 0) is 10.0 Å². The predicted octanol–water partition coefficient (Wildman–Crippen LogP) is 2.33. The molecular weight excluding hydrogens is 296 g/mol. The first-order valence-electron chi connectivity index (χ1n) is 7.12. The van der Waals surface area contributed by atoms with Crippen LogP contribution >= 0.6 is 12.4 Å². The van der Waals surface area contributed by atoms with Crippen LogP contribution in [0.3, 0.4) is 0 Å². The maximum Gasteiger partial charge on any atom is 0.215 e. The zero-order valence-corrected chi connectivity index (χ0v) is 14.0. The van der Waals surface area contributed by atoms with E-state index in [2.05, 4.69) is 13.5 Å². The molecule has 2 fully saturated rings. The smallest absolute Gasteiger partial charge is 0.215 e. The molecule has 118 valence electrons. The van der Waals surface area contributed by atoms with E-state index in [9.17, 15) is 8.42 Å². The summed E-state index contributed by atoms with van der Waals surface area (Å²) in [5.74, 6) is 0.234. The summed E-state index contributed by atoms with van der Waals surface area (Å²) in [7, 11) is -3.56. The van der Waals surface area contributed by atoms with E-state index in [0.717, 1.165) is 32.1 Å². The summed E-state index contributed by atoms with van der Waals surface area (Å²) in [5.41, 5.74) is 5.75. The van der Waals surface area contributed by atoms with Gasteiger partial charge in [-0.2, -0.15) is 0 Å². The highest BCUT2D eigenvalue weighted by molar-refractivity contribution is 7.90. The SMILES string of the molecule is C=C[C@H]1C[C@]1(N)[C@@]1(CCCCC)C[C@@]1(C)S(N)(=O)=O.Cl. The van der Waals surface area contributed by atoms with Crippen molar-refractivity contribution in [3.63, 3.8) is 0 Å². The predicted molar refractivity (Wildman–Crippen MR) is 85.2 cm³/mol. The van der Waals surface area contributed by atoms with Crippen molar-refractivity contribution in [2.45, 2.75) is 62.7 Å². The normalized spacial score (nSPS) is 42.7. The Morgan fingerprint density at radius 1 is 1.40 bits per heavy atom. The van der Waals surface area contributed by atoms with E-state index >= 15 is 0 Å². The Kier molecular flexibility index (Phi) is 4.73. The lowest BCUT2D eigenvalue weighted by molar-refractivity contribution is 0.305. The van der Waals surface area contributed by atoms with Crippen LogP contribution < -0.4 is 10.9 Å². The molecule has 0 aromatic carbocycles. The highest BCUT2D eigenvalue weighted by Gasteiger charge is 2.82. The maximum atomic E-state index is 11.9. The molecule has 0 aromatic rings. The molecule has 0 aromatic heterocycles. The summed E-state index contributed by atoms with van der Waals surface area (Å²) in [5, 5.41) is 5.46. The van der Waals surface area contributed by atoms with Crippen LogP contribution in [0.15, 0.2) is 12.7 Å². The zero-order chi connectivity index (χ0) is 14.5. The minimum atomic E-state index is -3.56. The van der Waals surface area contributed by atoms with E-state index in [1.54, 1.807) is 6.92 Å². The molecule has 0 heterocycles. The van der Waals surface area contributed by atoms with Gasteiger partial charge < -0.3 is 5.73 Å². The van der Waals surface area contributed by atoms with Crippen LogP contribution in [0.25, 0.3) is 0 Å². The van der Waals surface area contributed by atoms with Gasteiger partial charge in [-0.3, -0.25) is 0 Å². The summed E-state index contributed by atoms with van der Waals surface area (Å²) in [4.78, 5) is 0. The van der Waals surface area contributed by atoms with Crippen LogP contribution in [0.4, 0.5) is 0 Å². The molecule has 0 amide bonds. The first-order valence-corrected chi connectivity index (χ1v) is 8.67. The second kappa shape index (κ2) is 5.27. The van der Waals surface area contributed by atoms with E-state index in [1.165, 1.54) is 0 Å².